The van der Waals surface area contributed by atoms with Gasteiger partial charge >= 0.3 is 6.18 Å². The molecule has 0 spiro atoms. The highest BCUT2D eigenvalue weighted by atomic mass is 19.4. The van der Waals surface area contributed by atoms with Crippen molar-refractivity contribution in [3.63, 3.8) is 0 Å². The number of nitrogens with zero attached hydrogens (tertiary/aromatic N) is 2. The van der Waals surface area contributed by atoms with E-state index in [1.807, 2.05) is 30.3 Å². The molecule has 8 nitrogen and oxygen atoms in total. The van der Waals surface area contributed by atoms with Gasteiger partial charge in [0, 0.05) is 44.2 Å². The molecule has 11 heteroatoms. The number of halogens is 3. The number of alkyl halides is 3. The number of hydrogen-bond acceptors (Lipinski definition) is 6. The molecular formula is C27H29F3N4O4. The van der Waals surface area contributed by atoms with Gasteiger partial charge in [-0.25, -0.2) is 0 Å². The second kappa shape index (κ2) is 10.7. The van der Waals surface area contributed by atoms with E-state index < -0.39 is 36.8 Å². The van der Waals surface area contributed by atoms with Gasteiger partial charge in [-0.05, 0) is 42.2 Å². The Labute approximate surface area is 218 Å². The second-order valence-corrected chi connectivity index (χ2v) is 9.99. The zero-order valence-corrected chi connectivity index (χ0v) is 20.7. The van der Waals surface area contributed by atoms with Crippen LogP contribution in [-0.4, -0.2) is 71.5 Å². The number of fused-ring (bicyclic) bond motifs is 1. The molecule has 2 fully saturated rings. The van der Waals surface area contributed by atoms with E-state index in [1.165, 1.54) is 4.90 Å². The summed E-state index contributed by atoms with van der Waals surface area (Å²) in [5.74, 6) is -0.684. The van der Waals surface area contributed by atoms with Gasteiger partial charge in [0.05, 0.1) is 6.54 Å². The van der Waals surface area contributed by atoms with Gasteiger partial charge < -0.3 is 15.0 Å². The number of piperidine rings is 2. The average molecular weight is 531 g/mol. The Morgan fingerprint density at radius 3 is 2.58 bits per heavy atom. The lowest BCUT2D eigenvalue weighted by atomic mass is 10.0. The molecule has 2 aromatic carbocycles. The Morgan fingerprint density at radius 1 is 1.05 bits per heavy atom. The molecule has 5 rings (SSSR count). The first-order valence-corrected chi connectivity index (χ1v) is 12.7. The Hall–Kier alpha value is -3.44. The number of likely N-dealkylation sites (tertiary alicyclic amines) is 1. The quantitative estimate of drug-likeness (QED) is 0.535. The third-order valence-electron chi connectivity index (χ3n) is 7.24. The maximum Gasteiger partial charge on any atom is 0.401 e. The number of benzene rings is 2. The highest BCUT2D eigenvalue weighted by molar-refractivity contribution is 6.05. The first kappa shape index (κ1) is 26.2. The van der Waals surface area contributed by atoms with E-state index in [4.69, 9.17) is 4.74 Å². The number of rotatable bonds is 7. The summed E-state index contributed by atoms with van der Waals surface area (Å²) < 4.78 is 45.1. The van der Waals surface area contributed by atoms with Gasteiger partial charge in [-0.2, -0.15) is 13.2 Å². The van der Waals surface area contributed by atoms with Crippen molar-refractivity contribution in [3.8, 4) is 5.75 Å². The van der Waals surface area contributed by atoms with Crippen molar-refractivity contribution in [1.29, 1.82) is 0 Å². The number of carbonyl (C=O) groups is 3. The van der Waals surface area contributed by atoms with E-state index in [1.54, 1.807) is 18.2 Å². The largest absolute Gasteiger partial charge is 0.487 e. The van der Waals surface area contributed by atoms with Crippen LogP contribution in [0.25, 0.3) is 0 Å². The summed E-state index contributed by atoms with van der Waals surface area (Å²) in [6.45, 7) is 0.813. The smallest absolute Gasteiger partial charge is 0.401 e. The van der Waals surface area contributed by atoms with Crippen LogP contribution >= 0.6 is 0 Å². The van der Waals surface area contributed by atoms with Gasteiger partial charge in [0.25, 0.3) is 5.91 Å². The van der Waals surface area contributed by atoms with E-state index >= 15 is 0 Å². The van der Waals surface area contributed by atoms with Crippen molar-refractivity contribution >= 4 is 17.7 Å². The molecule has 0 saturated carbocycles. The lowest BCUT2D eigenvalue weighted by Crippen LogP contribution is -2.56. The summed E-state index contributed by atoms with van der Waals surface area (Å²) >= 11 is 0. The zero-order chi connectivity index (χ0) is 26.9. The summed E-state index contributed by atoms with van der Waals surface area (Å²) in [5, 5.41) is 4.90. The van der Waals surface area contributed by atoms with E-state index in [0.29, 0.717) is 42.9 Å². The van der Waals surface area contributed by atoms with Crippen LogP contribution in [0.1, 0.15) is 40.7 Å². The molecule has 3 aliphatic heterocycles. The Morgan fingerprint density at radius 2 is 1.84 bits per heavy atom. The minimum Gasteiger partial charge on any atom is -0.487 e. The first-order chi connectivity index (χ1) is 18.2. The van der Waals surface area contributed by atoms with Crippen LogP contribution in [-0.2, 0) is 22.7 Å². The number of amides is 3. The summed E-state index contributed by atoms with van der Waals surface area (Å²) in [6, 6.07) is 13.6. The number of nitrogens with one attached hydrogen (secondary N) is 2. The zero-order valence-electron chi connectivity index (χ0n) is 20.7. The maximum atomic E-state index is 13.0. The molecule has 2 aromatic rings. The molecule has 2 N–H and O–H groups in total. The van der Waals surface area contributed by atoms with Gasteiger partial charge in [0.1, 0.15) is 17.9 Å². The van der Waals surface area contributed by atoms with Crippen LogP contribution in [0.3, 0.4) is 0 Å². The van der Waals surface area contributed by atoms with Crippen LogP contribution in [0.4, 0.5) is 13.2 Å². The van der Waals surface area contributed by atoms with E-state index in [-0.39, 0.29) is 31.2 Å². The third-order valence-corrected chi connectivity index (χ3v) is 7.24. The highest BCUT2D eigenvalue weighted by Gasteiger charge is 2.40. The van der Waals surface area contributed by atoms with Crippen LogP contribution in [0.5, 0.6) is 5.75 Å². The summed E-state index contributed by atoms with van der Waals surface area (Å²) in [6.07, 6.45) is -3.96. The van der Waals surface area contributed by atoms with Crippen LogP contribution in [0, 0.1) is 0 Å². The summed E-state index contributed by atoms with van der Waals surface area (Å²) in [5.41, 5.74) is 2.23. The topological polar surface area (TPSA) is 91.0 Å². The van der Waals surface area contributed by atoms with Crippen molar-refractivity contribution < 1.29 is 32.3 Å². The van der Waals surface area contributed by atoms with Crippen LogP contribution < -0.4 is 15.4 Å². The Kier molecular flexibility index (Phi) is 7.40. The van der Waals surface area contributed by atoms with E-state index in [9.17, 15) is 27.6 Å². The fourth-order valence-electron chi connectivity index (χ4n) is 5.36. The third kappa shape index (κ3) is 5.99. The van der Waals surface area contributed by atoms with E-state index in [0.717, 1.165) is 5.56 Å². The van der Waals surface area contributed by atoms with Crippen LogP contribution in [0.15, 0.2) is 48.5 Å². The summed E-state index contributed by atoms with van der Waals surface area (Å²) in [7, 11) is 0. The van der Waals surface area contributed by atoms with E-state index in [2.05, 4.69) is 15.5 Å². The number of ether oxygens (including phenoxy) is 1. The fraction of sp³-hybridized carbons (Fsp3) is 0.444. The first-order valence-electron chi connectivity index (χ1n) is 12.7. The minimum absolute atomic E-state index is 0.165. The predicted molar refractivity (Wildman–Crippen MR) is 131 cm³/mol. The highest BCUT2D eigenvalue weighted by Crippen LogP contribution is 2.31. The van der Waals surface area contributed by atoms with Crippen molar-refractivity contribution in [2.75, 3.05) is 19.6 Å². The van der Waals surface area contributed by atoms with Gasteiger partial charge in [0.2, 0.25) is 11.8 Å². The number of carbonyl (C=O) groups excluding carboxylic acids is 3. The number of imide groups is 1. The molecular weight excluding hydrogens is 501 g/mol. The van der Waals surface area contributed by atoms with Crippen LogP contribution in [0.2, 0.25) is 0 Å². The molecule has 202 valence electrons. The molecule has 2 saturated heterocycles. The normalized spacial score (nSPS) is 24.3. The average Bonchev–Trinajstić information content (AvgIpc) is 3.19. The van der Waals surface area contributed by atoms with Gasteiger partial charge in [-0.15, -0.1) is 0 Å². The molecule has 3 atom stereocenters. The molecule has 0 radical (unpaired) electrons. The van der Waals surface area contributed by atoms with Crippen molar-refractivity contribution in [1.82, 2.24) is 20.4 Å². The van der Waals surface area contributed by atoms with Gasteiger partial charge in [-0.1, -0.05) is 30.3 Å². The molecule has 38 heavy (non-hydrogen) atoms. The molecule has 3 heterocycles. The molecule has 0 aromatic heterocycles. The lowest BCUT2D eigenvalue weighted by Gasteiger charge is -2.39. The lowest BCUT2D eigenvalue weighted by molar-refractivity contribution is -0.137. The Bertz CT molecular complexity index is 1210. The van der Waals surface area contributed by atoms with Crippen molar-refractivity contribution in [3.05, 3.63) is 65.2 Å². The molecule has 0 aliphatic carbocycles. The van der Waals surface area contributed by atoms with Crippen molar-refractivity contribution in [2.45, 2.75) is 56.7 Å². The van der Waals surface area contributed by atoms with Gasteiger partial charge in [-0.3, -0.25) is 24.6 Å². The standard InChI is InChI=1S/C27H29F3N4O4/c28-27(29,30)16-31-21-10-11-33(13-17-4-2-1-3-5-17)15-23(21)38-19-6-7-20-18(12-19)14-34(26(20)37)22-8-9-24(35)32-25(22)36/h1-7,12,21-23,31H,8-11,13-16H2,(H,32,35,36)/t21-,22?,23-/m0/s1. The number of hydrogen-bond donors (Lipinski definition) is 2. The predicted octanol–water partition coefficient (Wildman–Crippen LogP) is 2.62. The molecule has 3 aliphatic rings. The fourth-order valence-corrected chi connectivity index (χ4v) is 5.36. The molecule has 1 unspecified atom stereocenters. The molecule has 3 amide bonds. The van der Waals surface area contributed by atoms with Crippen molar-refractivity contribution in [2.24, 2.45) is 0 Å². The second-order valence-electron chi connectivity index (χ2n) is 9.99. The monoisotopic (exact) mass is 530 g/mol. The minimum atomic E-state index is -4.33. The maximum absolute atomic E-state index is 13.0. The summed E-state index contributed by atoms with van der Waals surface area (Å²) in [4.78, 5) is 40.4. The SMILES string of the molecule is O=C1CCC(N2Cc3cc(O[C@H]4CN(Cc5ccccc5)CC[C@@H]4NCC(F)(F)F)ccc3C2=O)C(=O)N1. The van der Waals surface area contributed by atoms with Gasteiger partial charge in [0.15, 0.2) is 0 Å². The molecule has 0 bridgehead atoms. The Balaban J connectivity index is 1.30.